The monoisotopic (exact) mass is 261 g/mol. The quantitative estimate of drug-likeness (QED) is 0.457. The van der Waals surface area contributed by atoms with Gasteiger partial charge in [0.05, 0.1) is 18.8 Å². The number of aliphatic hydroxyl groups excluding tert-OH is 3. The van der Waals surface area contributed by atoms with Crippen molar-refractivity contribution in [3.05, 3.63) is 0 Å². The Bertz CT molecular complexity index is 312. The van der Waals surface area contributed by atoms with Crippen molar-refractivity contribution in [1.29, 1.82) is 0 Å². The molecule has 4 N–H and O–H groups in total. The standard InChI is InChI=1S/C11H19NO6/c1-5(14)12-3-6-2-7-11(17-6)10(16)9(15)8(4-13)18-7/h6-11,13,15-16H,2-4H2,1H3,(H,12,14)/t6-,7+,8+,9-,10-,11-/m0/s1. The van der Waals surface area contributed by atoms with Crippen LogP contribution in [0.5, 0.6) is 0 Å². The number of aliphatic hydroxyl groups is 3. The molecule has 18 heavy (non-hydrogen) atoms. The summed E-state index contributed by atoms with van der Waals surface area (Å²) in [4.78, 5) is 10.8. The first-order valence-electron chi connectivity index (χ1n) is 6.05. The van der Waals surface area contributed by atoms with Gasteiger partial charge in [-0.2, -0.15) is 0 Å². The first-order valence-corrected chi connectivity index (χ1v) is 6.05. The molecule has 0 aliphatic carbocycles. The highest BCUT2D eigenvalue weighted by molar-refractivity contribution is 5.72. The van der Waals surface area contributed by atoms with Crippen LogP contribution in [0.25, 0.3) is 0 Å². The largest absolute Gasteiger partial charge is 0.394 e. The molecular weight excluding hydrogens is 242 g/mol. The van der Waals surface area contributed by atoms with Gasteiger partial charge in [0.2, 0.25) is 5.91 Å². The second kappa shape index (κ2) is 5.50. The van der Waals surface area contributed by atoms with Crippen LogP contribution in [-0.2, 0) is 14.3 Å². The zero-order valence-corrected chi connectivity index (χ0v) is 10.2. The molecule has 2 aliphatic heterocycles. The van der Waals surface area contributed by atoms with Gasteiger partial charge in [-0.15, -0.1) is 0 Å². The van der Waals surface area contributed by atoms with Gasteiger partial charge in [-0.1, -0.05) is 0 Å². The summed E-state index contributed by atoms with van der Waals surface area (Å²) in [5, 5.41) is 31.3. The fraction of sp³-hybridized carbons (Fsp3) is 0.909. The van der Waals surface area contributed by atoms with Crippen LogP contribution in [0.1, 0.15) is 13.3 Å². The molecule has 2 heterocycles. The number of amides is 1. The smallest absolute Gasteiger partial charge is 0.216 e. The minimum Gasteiger partial charge on any atom is -0.394 e. The van der Waals surface area contributed by atoms with Crippen LogP contribution in [0.15, 0.2) is 0 Å². The lowest BCUT2D eigenvalue weighted by atomic mass is 9.95. The minimum atomic E-state index is -1.16. The van der Waals surface area contributed by atoms with E-state index in [0.717, 1.165) is 0 Å². The molecule has 1 amide bonds. The normalized spacial score (nSPS) is 43.6. The van der Waals surface area contributed by atoms with Gasteiger partial charge in [0.15, 0.2) is 0 Å². The van der Waals surface area contributed by atoms with Crippen LogP contribution in [0, 0.1) is 0 Å². The Balaban J connectivity index is 1.94. The average Bonchev–Trinajstić information content (AvgIpc) is 2.74. The maximum Gasteiger partial charge on any atom is 0.216 e. The van der Waals surface area contributed by atoms with Crippen LogP contribution < -0.4 is 5.32 Å². The summed E-state index contributed by atoms with van der Waals surface area (Å²) in [6.07, 6.45) is -3.72. The van der Waals surface area contributed by atoms with Crippen LogP contribution >= 0.6 is 0 Å². The van der Waals surface area contributed by atoms with E-state index in [1.807, 2.05) is 0 Å². The zero-order chi connectivity index (χ0) is 13.3. The molecule has 0 saturated carbocycles. The Morgan fingerprint density at radius 2 is 2.06 bits per heavy atom. The first kappa shape index (κ1) is 13.7. The predicted octanol–water partition coefficient (Wildman–Crippen LogP) is -2.24. The Morgan fingerprint density at radius 1 is 1.33 bits per heavy atom. The molecule has 0 aromatic carbocycles. The van der Waals surface area contributed by atoms with Gasteiger partial charge in [0, 0.05) is 19.9 Å². The highest BCUT2D eigenvalue weighted by Crippen LogP contribution is 2.32. The van der Waals surface area contributed by atoms with Gasteiger partial charge in [0.25, 0.3) is 0 Å². The molecular formula is C11H19NO6. The first-order chi connectivity index (χ1) is 8.52. The lowest BCUT2D eigenvalue weighted by Gasteiger charge is -2.38. The highest BCUT2D eigenvalue weighted by atomic mass is 16.6. The number of hydrogen-bond donors (Lipinski definition) is 4. The van der Waals surface area contributed by atoms with Gasteiger partial charge in [-0.05, 0) is 0 Å². The molecule has 0 aromatic heterocycles. The highest BCUT2D eigenvalue weighted by Gasteiger charge is 2.49. The Morgan fingerprint density at radius 3 is 2.67 bits per heavy atom. The molecule has 0 aromatic rings. The van der Waals surface area contributed by atoms with Crippen LogP contribution in [0.2, 0.25) is 0 Å². The fourth-order valence-corrected chi connectivity index (χ4v) is 2.45. The number of nitrogens with one attached hydrogen (secondary N) is 1. The summed E-state index contributed by atoms with van der Waals surface area (Å²) < 4.78 is 11.0. The summed E-state index contributed by atoms with van der Waals surface area (Å²) in [7, 11) is 0. The van der Waals surface area contributed by atoms with Crippen molar-refractivity contribution in [1.82, 2.24) is 5.32 Å². The molecule has 2 aliphatic rings. The van der Waals surface area contributed by atoms with Gasteiger partial charge in [-0.25, -0.2) is 0 Å². The van der Waals surface area contributed by atoms with Crippen LogP contribution in [0.4, 0.5) is 0 Å². The molecule has 0 spiro atoms. The van der Waals surface area contributed by atoms with Gasteiger partial charge >= 0.3 is 0 Å². The molecule has 2 saturated heterocycles. The van der Waals surface area contributed by atoms with E-state index in [9.17, 15) is 15.0 Å². The summed E-state index contributed by atoms with van der Waals surface area (Å²) in [6.45, 7) is 1.41. The number of fused-ring (bicyclic) bond motifs is 1. The number of carbonyl (C=O) groups is 1. The molecule has 2 rings (SSSR count). The van der Waals surface area contributed by atoms with Crippen molar-refractivity contribution >= 4 is 5.91 Å². The third kappa shape index (κ3) is 2.65. The average molecular weight is 261 g/mol. The van der Waals surface area contributed by atoms with Gasteiger partial charge in [0.1, 0.15) is 24.4 Å². The van der Waals surface area contributed by atoms with Crippen molar-refractivity contribution in [2.24, 2.45) is 0 Å². The lowest BCUT2D eigenvalue weighted by Crippen LogP contribution is -2.57. The van der Waals surface area contributed by atoms with E-state index >= 15 is 0 Å². The molecule has 0 bridgehead atoms. The molecule has 2 fully saturated rings. The van der Waals surface area contributed by atoms with E-state index in [0.29, 0.717) is 13.0 Å². The predicted molar refractivity (Wildman–Crippen MR) is 59.7 cm³/mol. The van der Waals surface area contributed by atoms with E-state index in [-0.39, 0.29) is 24.7 Å². The number of carbonyl (C=O) groups excluding carboxylic acids is 1. The summed E-state index contributed by atoms with van der Waals surface area (Å²) in [6, 6.07) is 0. The second-order valence-electron chi connectivity index (χ2n) is 4.77. The van der Waals surface area contributed by atoms with E-state index in [1.165, 1.54) is 6.92 Å². The zero-order valence-electron chi connectivity index (χ0n) is 10.2. The molecule has 7 nitrogen and oxygen atoms in total. The Labute approximate surface area is 105 Å². The Hall–Kier alpha value is -0.730. The van der Waals surface area contributed by atoms with Crippen LogP contribution in [0.3, 0.4) is 0 Å². The summed E-state index contributed by atoms with van der Waals surface area (Å²) in [5.41, 5.74) is 0. The molecule has 104 valence electrons. The topological polar surface area (TPSA) is 108 Å². The maximum atomic E-state index is 10.8. The number of hydrogen-bond acceptors (Lipinski definition) is 6. The van der Waals surface area contributed by atoms with Crippen LogP contribution in [-0.4, -0.2) is 71.0 Å². The summed E-state index contributed by atoms with van der Waals surface area (Å²) in [5.74, 6) is -0.150. The van der Waals surface area contributed by atoms with E-state index in [4.69, 9.17) is 14.6 Å². The minimum absolute atomic E-state index is 0.150. The SMILES string of the molecule is CC(=O)NC[C@@H]1C[C@H]2O[C@H](CO)[C@H](O)[C@H](O)[C@H]2O1. The fourth-order valence-electron chi connectivity index (χ4n) is 2.45. The molecule has 6 atom stereocenters. The van der Waals surface area contributed by atoms with Crippen molar-refractivity contribution < 1.29 is 29.6 Å². The maximum absolute atomic E-state index is 10.8. The summed E-state index contributed by atoms with van der Waals surface area (Å²) >= 11 is 0. The van der Waals surface area contributed by atoms with Gasteiger partial charge < -0.3 is 30.1 Å². The van der Waals surface area contributed by atoms with Crippen molar-refractivity contribution in [2.45, 2.75) is 50.0 Å². The third-order valence-electron chi connectivity index (χ3n) is 3.39. The lowest BCUT2D eigenvalue weighted by molar-refractivity contribution is -0.217. The van der Waals surface area contributed by atoms with Crippen molar-refractivity contribution in [2.75, 3.05) is 13.2 Å². The van der Waals surface area contributed by atoms with Crippen molar-refractivity contribution in [3.63, 3.8) is 0 Å². The van der Waals surface area contributed by atoms with Crippen molar-refractivity contribution in [3.8, 4) is 0 Å². The van der Waals surface area contributed by atoms with E-state index in [1.54, 1.807) is 0 Å². The number of rotatable bonds is 3. The third-order valence-corrected chi connectivity index (χ3v) is 3.39. The molecule has 0 radical (unpaired) electrons. The Kier molecular flexibility index (Phi) is 4.18. The van der Waals surface area contributed by atoms with Gasteiger partial charge in [-0.3, -0.25) is 4.79 Å². The molecule has 0 unspecified atom stereocenters. The second-order valence-corrected chi connectivity index (χ2v) is 4.77. The molecule has 7 heteroatoms. The number of ether oxygens (including phenoxy) is 2. The van der Waals surface area contributed by atoms with E-state index < -0.39 is 24.4 Å². The van der Waals surface area contributed by atoms with E-state index in [2.05, 4.69) is 5.32 Å².